The first-order chi connectivity index (χ1) is 10.4. The van der Waals surface area contributed by atoms with Crippen LogP contribution >= 0.6 is 0 Å². The van der Waals surface area contributed by atoms with Gasteiger partial charge in [-0.15, -0.1) is 0 Å². The Balaban J connectivity index is 1.76. The summed E-state index contributed by atoms with van der Waals surface area (Å²) in [6, 6.07) is 1.08. The molecule has 22 heavy (non-hydrogen) atoms. The third kappa shape index (κ3) is 2.37. The molecule has 2 saturated heterocycles. The monoisotopic (exact) mass is 307 g/mol. The first-order valence-electron chi connectivity index (χ1n) is 7.59. The molecule has 1 aromatic rings. The van der Waals surface area contributed by atoms with Gasteiger partial charge in [-0.05, 0) is 39.7 Å². The van der Waals surface area contributed by atoms with Crippen molar-refractivity contribution in [2.75, 3.05) is 7.05 Å². The molecule has 8 heteroatoms. The molecule has 2 aliphatic heterocycles. The molecule has 0 saturated carbocycles. The average Bonchev–Trinajstić information content (AvgIpc) is 2.84. The quantitative estimate of drug-likeness (QED) is 0.664. The molecule has 8 nitrogen and oxygen atoms in total. The Labute approximate surface area is 128 Å². The highest BCUT2D eigenvalue weighted by atomic mass is 16.6. The van der Waals surface area contributed by atoms with Crippen LogP contribution in [0.15, 0.2) is 0 Å². The summed E-state index contributed by atoms with van der Waals surface area (Å²) < 4.78 is 1.38. The van der Waals surface area contributed by atoms with E-state index in [0.29, 0.717) is 17.8 Å². The lowest BCUT2D eigenvalue weighted by Crippen LogP contribution is -2.48. The number of aryl methyl sites for hydroxylation is 1. The lowest BCUT2D eigenvalue weighted by molar-refractivity contribution is -0.385. The van der Waals surface area contributed by atoms with Crippen LogP contribution in [0.25, 0.3) is 0 Å². The first-order valence-corrected chi connectivity index (χ1v) is 7.59. The number of carbonyl (C=O) groups excluding carboxylic acids is 1. The van der Waals surface area contributed by atoms with Gasteiger partial charge in [0.05, 0.1) is 4.92 Å². The second-order valence-electron chi connectivity index (χ2n) is 6.36. The summed E-state index contributed by atoms with van der Waals surface area (Å²) in [6.45, 7) is 1.59. The van der Waals surface area contributed by atoms with Crippen LogP contribution < -0.4 is 5.32 Å². The minimum Gasteiger partial charge on any atom is -0.348 e. The summed E-state index contributed by atoms with van der Waals surface area (Å²) in [4.78, 5) is 25.4. The summed E-state index contributed by atoms with van der Waals surface area (Å²) in [5.74, 6) is -0.440. The second kappa shape index (κ2) is 5.35. The third-order valence-electron chi connectivity index (χ3n) is 5.13. The molecule has 3 rings (SSSR count). The number of nitrogens with zero attached hydrogens (tertiary/aromatic N) is 4. The Hall–Kier alpha value is -1.96. The Morgan fingerprint density at radius 3 is 2.45 bits per heavy atom. The summed E-state index contributed by atoms with van der Waals surface area (Å²) in [5.41, 5.74) is 0.103. The molecule has 0 spiro atoms. The van der Waals surface area contributed by atoms with E-state index in [1.54, 1.807) is 14.0 Å². The Bertz CT molecular complexity index is 612. The van der Waals surface area contributed by atoms with E-state index in [2.05, 4.69) is 22.4 Å². The van der Waals surface area contributed by atoms with Crippen LogP contribution in [-0.2, 0) is 7.05 Å². The fraction of sp³-hybridized carbons (Fsp3) is 0.714. The highest BCUT2D eigenvalue weighted by Gasteiger charge is 2.39. The molecule has 2 aliphatic rings. The Morgan fingerprint density at radius 1 is 1.32 bits per heavy atom. The van der Waals surface area contributed by atoms with E-state index in [1.807, 2.05) is 0 Å². The van der Waals surface area contributed by atoms with Crippen molar-refractivity contribution in [1.29, 1.82) is 0 Å². The van der Waals surface area contributed by atoms with E-state index < -0.39 is 10.8 Å². The van der Waals surface area contributed by atoms with Crippen molar-refractivity contribution >= 4 is 11.6 Å². The minimum absolute atomic E-state index is 0.0723. The van der Waals surface area contributed by atoms with Crippen LogP contribution in [0.5, 0.6) is 0 Å². The van der Waals surface area contributed by atoms with Crippen molar-refractivity contribution in [3.05, 3.63) is 21.5 Å². The highest BCUT2D eigenvalue weighted by molar-refractivity contribution is 5.96. The molecular formula is C14H21N5O3. The van der Waals surface area contributed by atoms with Crippen molar-refractivity contribution < 1.29 is 9.72 Å². The number of aromatic nitrogens is 2. The van der Waals surface area contributed by atoms with E-state index in [0.717, 1.165) is 25.7 Å². The number of nitro groups is 1. The van der Waals surface area contributed by atoms with Gasteiger partial charge in [0.2, 0.25) is 5.69 Å². The van der Waals surface area contributed by atoms with Crippen molar-refractivity contribution in [3.8, 4) is 0 Å². The third-order valence-corrected chi connectivity index (χ3v) is 5.13. The molecule has 3 heterocycles. The van der Waals surface area contributed by atoms with E-state index in [1.165, 1.54) is 4.68 Å². The number of hydrogen-bond donors (Lipinski definition) is 1. The molecule has 1 N–H and O–H groups in total. The van der Waals surface area contributed by atoms with Gasteiger partial charge in [-0.2, -0.15) is 5.10 Å². The predicted octanol–water partition coefficient (Wildman–Crippen LogP) is 0.992. The lowest BCUT2D eigenvalue weighted by atomic mass is 9.98. The molecular weight excluding hydrogens is 286 g/mol. The van der Waals surface area contributed by atoms with Gasteiger partial charge >= 0.3 is 5.69 Å². The van der Waals surface area contributed by atoms with Crippen LogP contribution in [-0.4, -0.2) is 50.7 Å². The van der Waals surface area contributed by atoms with Gasteiger partial charge in [0, 0.05) is 25.2 Å². The smallest absolute Gasteiger partial charge is 0.322 e. The summed E-state index contributed by atoms with van der Waals surface area (Å²) >= 11 is 0. The number of carbonyl (C=O) groups is 1. The van der Waals surface area contributed by atoms with E-state index >= 15 is 0 Å². The molecule has 0 radical (unpaired) electrons. The number of hydrogen-bond acceptors (Lipinski definition) is 5. The zero-order valence-corrected chi connectivity index (χ0v) is 13.1. The lowest BCUT2D eigenvalue weighted by Gasteiger charge is -2.36. The molecule has 2 atom stereocenters. The maximum absolute atomic E-state index is 12.4. The summed E-state index contributed by atoms with van der Waals surface area (Å²) in [5, 5.41) is 18.1. The fourth-order valence-corrected chi connectivity index (χ4v) is 3.75. The summed E-state index contributed by atoms with van der Waals surface area (Å²) in [6.07, 6.45) is 4.13. The maximum Gasteiger partial charge on any atom is 0.322 e. The number of fused-ring (bicyclic) bond motifs is 2. The molecule has 1 aromatic heterocycles. The van der Waals surface area contributed by atoms with Gasteiger partial charge in [-0.25, -0.2) is 0 Å². The van der Waals surface area contributed by atoms with Gasteiger partial charge in [-0.3, -0.25) is 19.6 Å². The van der Waals surface area contributed by atoms with Gasteiger partial charge < -0.3 is 10.2 Å². The second-order valence-corrected chi connectivity index (χ2v) is 6.36. The van der Waals surface area contributed by atoms with Crippen molar-refractivity contribution in [3.63, 3.8) is 0 Å². The van der Waals surface area contributed by atoms with Crippen molar-refractivity contribution in [1.82, 2.24) is 20.0 Å². The van der Waals surface area contributed by atoms with Crippen molar-refractivity contribution in [2.45, 2.75) is 50.7 Å². The Kier molecular flexibility index (Phi) is 3.64. The SMILES string of the molecule is Cc1c([N+](=O)[O-])c(C(=O)NC2CC3CCC(C2)N3C)nn1C. The van der Waals surface area contributed by atoms with Crippen LogP contribution in [0.2, 0.25) is 0 Å². The first kappa shape index (κ1) is 15.0. The van der Waals surface area contributed by atoms with Crippen LogP contribution in [0.1, 0.15) is 41.9 Å². The standard InChI is InChI=1S/C14H21N5O3/c1-8-13(19(21)22)12(16-18(8)3)14(20)15-9-6-10-4-5-11(7-9)17(10)2/h9-11H,4-7H2,1-3H3,(H,15,20). The molecule has 0 aromatic carbocycles. The highest BCUT2D eigenvalue weighted by Crippen LogP contribution is 2.34. The number of nitrogens with one attached hydrogen (secondary N) is 1. The van der Waals surface area contributed by atoms with E-state index in [-0.39, 0.29) is 17.4 Å². The number of amides is 1. The topological polar surface area (TPSA) is 93.3 Å². The van der Waals surface area contributed by atoms with Crippen molar-refractivity contribution in [2.24, 2.45) is 7.05 Å². The maximum atomic E-state index is 12.4. The zero-order chi connectivity index (χ0) is 16.0. The van der Waals surface area contributed by atoms with Crippen LogP contribution in [0.4, 0.5) is 5.69 Å². The molecule has 2 unspecified atom stereocenters. The molecule has 0 aliphatic carbocycles. The van der Waals surface area contributed by atoms with Crippen LogP contribution in [0, 0.1) is 17.0 Å². The van der Waals surface area contributed by atoms with E-state index in [4.69, 9.17) is 0 Å². The van der Waals surface area contributed by atoms with Gasteiger partial charge in [0.1, 0.15) is 5.69 Å². The van der Waals surface area contributed by atoms with Gasteiger partial charge in [0.25, 0.3) is 5.91 Å². The fourth-order valence-electron chi connectivity index (χ4n) is 3.75. The van der Waals surface area contributed by atoms with Gasteiger partial charge in [0.15, 0.2) is 0 Å². The molecule has 120 valence electrons. The normalized spacial score (nSPS) is 27.9. The minimum atomic E-state index is -0.532. The number of rotatable bonds is 3. The summed E-state index contributed by atoms with van der Waals surface area (Å²) in [7, 11) is 3.74. The largest absolute Gasteiger partial charge is 0.348 e. The number of piperidine rings is 1. The van der Waals surface area contributed by atoms with E-state index in [9.17, 15) is 14.9 Å². The average molecular weight is 307 g/mol. The van der Waals surface area contributed by atoms with Crippen LogP contribution in [0.3, 0.4) is 0 Å². The molecule has 2 fully saturated rings. The Morgan fingerprint density at radius 2 is 1.91 bits per heavy atom. The molecule has 1 amide bonds. The zero-order valence-electron chi connectivity index (χ0n) is 13.1. The predicted molar refractivity (Wildman–Crippen MR) is 79.7 cm³/mol. The van der Waals surface area contributed by atoms with Gasteiger partial charge in [-0.1, -0.05) is 0 Å². The molecule has 2 bridgehead atoms.